The molecule has 0 N–H and O–H groups in total. The van der Waals surface area contributed by atoms with Crippen LogP contribution in [0.3, 0.4) is 0 Å². The van der Waals surface area contributed by atoms with Gasteiger partial charge in [0.2, 0.25) is 0 Å². The Hall–Kier alpha value is 0.563. The largest absolute Gasteiger partial charge is 1.00 e. The van der Waals surface area contributed by atoms with Crippen LogP contribution in [0.25, 0.3) is 0 Å². The van der Waals surface area contributed by atoms with Crippen LogP contribution in [0.2, 0.25) is 0 Å². The number of hydrogen-bond acceptors (Lipinski definition) is 2. The zero-order valence-electron chi connectivity index (χ0n) is 5.48. The van der Waals surface area contributed by atoms with Crippen LogP contribution in [0, 0.1) is 6.08 Å². The fraction of sp³-hybridized carbons (Fsp3) is 0.400. The molecule has 4 heteroatoms. The predicted molar refractivity (Wildman–Crippen MR) is 25.5 cm³/mol. The van der Waals surface area contributed by atoms with Gasteiger partial charge in [0.25, 0.3) is 0 Å². The minimum absolute atomic E-state index is 0. The molecule has 0 bridgehead atoms. The second-order valence-corrected chi connectivity index (χ2v) is 0.956. The van der Waals surface area contributed by atoms with Crippen molar-refractivity contribution >= 4 is 5.97 Å². The first kappa shape index (κ1) is 16.3. The van der Waals surface area contributed by atoms with Gasteiger partial charge in [-0.05, 0) is 13.0 Å². The van der Waals surface area contributed by atoms with Crippen LogP contribution in [-0.4, -0.2) is 13.1 Å². The summed E-state index contributed by atoms with van der Waals surface area (Å²) in [4.78, 5) is 10.1. The van der Waals surface area contributed by atoms with Gasteiger partial charge in [-0.1, -0.05) is 0 Å². The summed E-state index contributed by atoms with van der Waals surface area (Å²) in [6.07, 6.45) is 3.75. The first-order valence-electron chi connectivity index (χ1n) is 1.89. The molecule has 0 heterocycles. The molecule has 0 saturated heterocycles. The molecule has 0 unspecified atom stereocenters. The van der Waals surface area contributed by atoms with Gasteiger partial charge in [0.05, 0.1) is 7.11 Å². The van der Waals surface area contributed by atoms with Crippen LogP contribution in [-0.2, 0) is 29.0 Å². The van der Waals surface area contributed by atoms with Crippen LogP contribution in [0.1, 0.15) is 6.92 Å². The van der Waals surface area contributed by atoms with E-state index in [1.807, 2.05) is 0 Å². The van der Waals surface area contributed by atoms with E-state index in [2.05, 4.69) is 10.8 Å². The van der Waals surface area contributed by atoms with Gasteiger partial charge in [0.1, 0.15) is 0 Å². The number of hydrogen-bond donors (Lipinski definition) is 0. The van der Waals surface area contributed by atoms with E-state index in [1.54, 1.807) is 6.92 Å². The topological polar surface area (TPSA) is 26.3 Å². The van der Waals surface area contributed by atoms with E-state index in [-0.39, 0.29) is 49.4 Å². The van der Waals surface area contributed by atoms with Gasteiger partial charge >= 0.3 is 5.97 Å². The summed E-state index contributed by atoms with van der Waals surface area (Å²) in [6, 6.07) is 0. The molecule has 0 aliphatic carbocycles. The second-order valence-electron chi connectivity index (χ2n) is 0.956. The number of carbonyl (C=O) groups excluding carboxylic acids is 1. The third kappa shape index (κ3) is 11.9. The summed E-state index contributed by atoms with van der Waals surface area (Å²) in [6.45, 7) is 1.64. The Labute approximate surface area is 84.8 Å². The predicted octanol–water partition coefficient (Wildman–Crippen LogP) is -2.46. The average molecular weight is 291 g/mol. The summed E-state index contributed by atoms with van der Waals surface area (Å²) in [5, 5.41) is 0. The number of allylic oxidation sites excluding steroid dienone is 1. The second kappa shape index (κ2) is 11.4. The molecule has 49 valence electrons. The van der Waals surface area contributed by atoms with Crippen molar-refractivity contribution in [1.29, 1.82) is 0 Å². The summed E-state index contributed by atoms with van der Waals surface area (Å²) < 4.78 is 4.23. The van der Waals surface area contributed by atoms with Gasteiger partial charge in [-0.15, -0.1) is 0 Å². The standard InChI is InChI=1S/C5H7O2.HI.Zn/c1-3-4-5(6)7-2;;/h4H,1-2H3;1H;/p-1. The maximum atomic E-state index is 10.1. The molecule has 9 heavy (non-hydrogen) atoms. The van der Waals surface area contributed by atoms with Crippen molar-refractivity contribution in [2.24, 2.45) is 0 Å². The Morgan fingerprint density at radius 3 is 2.22 bits per heavy atom. The fourth-order valence-corrected chi connectivity index (χ4v) is 0.177. The van der Waals surface area contributed by atoms with E-state index in [1.165, 1.54) is 13.2 Å². The van der Waals surface area contributed by atoms with Gasteiger partial charge in [-0.3, -0.25) is 0 Å². The molecule has 0 aromatic carbocycles. The number of ether oxygens (including phenoxy) is 1. The molecule has 0 aliphatic heterocycles. The van der Waals surface area contributed by atoms with Crippen molar-refractivity contribution in [3.63, 3.8) is 0 Å². The van der Waals surface area contributed by atoms with Crippen LogP contribution in [0.5, 0.6) is 0 Å². The molecule has 0 aromatic rings. The zero-order valence-corrected chi connectivity index (χ0v) is 10.6. The summed E-state index contributed by atoms with van der Waals surface area (Å²) in [5.74, 6) is -0.359. The minimum atomic E-state index is -0.359. The monoisotopic (exact) mass is 290 g/mol. The average Bonchev–Trinajstić information content (AvgIpc) is 1.68. The quantitative estimate of drug-likeness (QED) is 0.232. The Balaban J connectivity index is -0.000000180. The first-order valence-corrected chi connectivity index (χ1v) is 1.89. The van der Waals surface area contributed by atoms with Crippen LogP contribution in [0.4, 0.5) is 0 Å². The molecule has 0 rings (SSSR count). The number of halogens is 1. The van der Waals surface area contributed by atoms with E-state index in [0.717, 1.165) is 0 Å². The maximum Gasteiger partial charge on any atom is 0.330 e. The van der Waals surface area contributed by atoms with Gasteiger partial charge < -0.3 is 28.7 Å². The van der Waals surface area contributed by atoms with Crippen molar-refractivity contribution in [3.8, 4) is 0 Å². The number of rotatable bonds is 1. The summed E-state index contributed by atoms with van der Waals surface area (Å²) in [7, 11) is 1.33. The molecule has 0 fully saturated rings. The molecule has 0 spiro atoms. The SMILES string of the molecule is C[C]=CC(=O)OC.[I-].[Zn]. The smallest absolute Gasteiger partial charge is 0.330 e. The molecule has 0 saturated carbocycles. The van der Waals surface area contributed by atoms with Crippen LogP contribution >= 0.6 is 0 Å². The molecule has 2 nitrogen and oxygen atoms in total. The third-order valence-electron chi connectivity index (χ3n) is 0.463. The van der Waals surface area contributed by atoms with Crippen molar-refractivity contribution in [1.82, 2.24) is 0 Å². The van der Waals surface area contributed by atoms with Crippen molar-refractivity contribution < 1.29 is 53.0 Å². The Morgan fingerprint density at radius 1 is 1.67 bits per heavy atom. The van der Waals surface area contributed by atoms with Crippen LogP contribution < -0.4 is 24.0 Å². The van der Waals surface area contributed by atoms with Gasteiger partial charge in [0, 0.05) is 25.6 Å². The van der Waals surface area contributed by atoms with Gasteiger partial charge in [-0.2, -0.15) is 0 Å². The molecule has 1 radical (unpaired) electrons. The molecule has 0 aromatic heterocycles. The number of methoxy groups -OCH3 is 1. The fourth-order valence-electron chi connectivity index (χ4n) is 0.177. The molecule has 0 atom stereocenters. The maximum absolute atomic E-state index is 10.1. The first-order chi connectivity index (χ1) is 3.31. The van der Waals surface area contributed by atoms with E-state index < -0.39 is 0 Å². The zero-order chi connectivity index (χ0) is 5.70. The Kier molecular flexibility index (Phi) is 20.6. The van der Waals surface area contributed by atoms with Gasteiger partial charge in [0.15, 0.2) is 0 Å². The number of carbonyl (C=O) groups is 1. The summed E-state index contributed by atoms with van der Waals surface area (Å²) >= 11 is 0. The molecular weight excluding hydrogens is 284 g/mol. The number of esters is 1. The van der Waals surface area contributed by atoms with Crippen molar-refractivity contribution in [2.45, 2.75) is 6.92 Å². The summed E-state index contributed by atoms with van der Waals surface area (Å²) in [5.41, 5.74) is 0. The third-order valence-corrected chi connectivity index (χ3v) is 0.463. The minimum Gasteiger partial charge on any atom is -1.00 e. The van der Waals surface area contributed by atoms with E-state index in [4.69, 9.17) is 0 Å². The molecule has 0 aliphatic rings. The van der Waals surface area contributed by atoms with Gasteiger partial charge in [-0.25, -0.2) is 4.79 Å². The normalized spacial score (nSPS) is 7.33. The van der Waals surface area contributed by atoms with Crippen molar-refractivity contribution in [2.75, 3.05) is 7.11 Å². The molecule has 0 amide bonds. The van der Waals surface area contributed by atoms with E-state index in [9.17, 15) is 4.79 Å². The van der Waals surface area contributed by atoms with E-state index >= 15 is 0 Å². The Morgan fingerprint density at radius 2 is 2.11 bits per heavy atom. The van der Waals surface area contributed by atoms with Crippen molar-refractivity contribution in [3.05, 3.63) is 12.2 Å². The van der Waals surface area contributed by atoms with Crippen LogP contribution in [0.15, 0.2) is 6.08 Å². The molecular formula is C5H7IO2Zn-. The Bertz CT molecular complexity index is 93.0. The van der Waals surface area contributed by atoms with E-state index in [0.29, 0.717) is 0 Å².